The Hall–Kier alpha value is -1.82. The second kappa shape index (κ2) is 5.88. The lowest BCUT2D eigenvalue weighted by molar-refractivity contribution is -0.152. The smallest absolute Gasteiger partial charge is 0.253 e. The standard InChI is InChI=1S/C13H19N3O3/c1-14(2)13(18)11-9-16(7-8-19-11)12(17)10-15-5-3-4-6-15/h3-6,11H,7-10H2,1-2H3/t11-/m1/s1. The minimum Gasteiger partial charge on any atom is -0.365 e. The van der Waals surface area contributed by atoms with Crippen LogP contribution in [0.2, 0.25) is 0 Å². The van der Waals surface area contributed by atoms with Crippen LogP contribution in [0.5, 0.6) is 0 Å². The average molecular weight is 265 g/mol. The molecule has 104 valence electrons. The minimum absolute atomic E-state index is 0.0102. The number of ether oxygens (including phenoxy) is 1. The van der Waals surface area contributed by atoms with Crippen molar-refractivity contribution in [3.8, 4) is 0 Å². The van der Waals surface area contributed by atoms with E-state index in [1.165, 1.54) is 4.90 Å². The monoisotopic (exact) mass is 265 g/mol. The van der Waals surface area contributed by atoms with E-state index in [1.807, 2.05) is 29.1 Å². The number of carbonyl (C=O) groups excluding carboxylic acids is 2. The summed E-state index contributed by atoms with van der Waals surface area (Å²) in [7, 11) is 3.37. The Morgan fingerprint density at radius 1 is 1.32 bits per heavy atom. The predicted octanol–water partition coefficient (Wildman–Crippen LogP) is -0.196. The Balaban J connectivity index is 1.93. The van der Waals surface area contributed by atoms with Crippen LogP contribution < -0.4 is 0 Å². The maximum absolute atomic E-state index is 12.1. The fraction of sp³-hybridized carbons (Fsp3) is 0.538. The normalized spacial score (nSPS) is 19.3. The maximum atomic E-state index is 12.1. The lowest BCUT2D eigenvalue weighted by Gasteiger charge is -2.33. The summed E-state index contributed by atoms with van der Waals surface area (Å²) in [6.45, 7) is 1.58. The Bertz CT molecular complexity index is 442. The Kier molecular flexibility index (Phi) is 4.21. The van der Waals surface area contributed by atoms with E-state index in [4.69, 9.17) is 4.74 Å². The van der Waals surface area contributed by atoms with Gasteiger partial charge in [-0.15, -0.1) is 0 Å². The van der Waals surface area contributed by atoms with Gasteiger partial charge in [-0.2, -0.15) is 0 Å². The molecule has 2 amide bonds. The van der Waals surface area contributed by atoms with Gasteiger partial charge in [-0.25, -0.2) is 0 Å². The van der Waals surface area contributed by atoms with Crippen LogP contribution in [0.15, 0.2) is 24.5 Å². The van der Waals surface area contributed by atoms with Gasteiger partial charge >= 0.3 is 0 Å². The molecule has 1 saturated heterocycles. The van der Waals surface area contributed by atoms with Gasteiger partial charge in [0.15, 0.2) is 6.10 Å². The van der Waals surface area contributed by atoms with Gasteiger partial charge in [0.2, 0.25) is 5.91 Å². The number of rotatable bonds is 3. The van der Waals surface area contributed by atoms with E-state index in [2.05, 4.69) is 0 Å². The zero-order valence-electron chi connectivity index (χ0n) is 11.3. The highest BCUT2D eigenvalue weighted by molar-refractivity contribution is 5.82. The molecule has 1 fully saturated rings. The quantitative estimate of drug-likeness (QED) is 0.761. The number of hydrogen-bond donors (Lipinski definition) is 0. The molecule has 6 nitrogen and oxygen atoms in total. The molecule has 0 N–H and O–H groups in total. The third-order valence-electron chi connectivity index (χ3n) is 3.12. The van der Waals surface area contributed by atoms with Crippen molar-refractivity contribution in [3.63, 3.8) is 0 Å². The lowest BCUT2D eigenvalue weighted by Crippen LogP contribution is -2.51. The van der Waals surface area contributed by atoms with Crippen LogP contribution in [-0.2, 0) is 20.9 Å². The highest BCUT2D eigenvalue weighted by atomic mass is 16.5. The summed E-state index contributed by atoms with van der Waals surface area (Å²) >= 11 is 0. The van der Waals surface area contributed by atoms with Gasteiger partial charge in [0.1, 0.15) is 6.54 Å². The summed E-state index contributed by atoms with van der Waals surface area (Å²) in [5.74, 6) is -0.0884. The number of carbonyl (C=O) groups is 2. The molecular formula is C13H19N3O3. The molecule has 1 atom stereocenters. The first-order valence-electron chi connectivity index (χ1n) is 6.29. The van der Waals surface area contributed by atoms with Crippen molar-refractivity contribution in [1.29, 1.82) is 0 Å². The minimum atomic E-state index is -0.544. The lowest BCUT2D eigenvalue weighted by atomic mass is 10.2. The van der Waals surface area contributed by atoms with Crippen molar-refractivity contribution in [2.75, 3.05) is 33.8 Å². The van der Waals surface area contributed by atoms with Crippen molar-refractivity contribution < 1.29 is 14.3 Å². The molecule has 0 unspecified atom stereocenters. The summed E-state index contributed by atoms with van der Waals surface area (Å²) in [4.78, 5) is 27.1. The number of morpholine rings is 1. The molecule has 0 aliphatic carbocycles. The van der Waals surface area contributed by atoms with Crippen molar-refractivity contribution in [1.82, 2.24) is 14.4 Å². The fourth-order valence-corrected chi connectivity index (χ4v) is 2.04. The molecule has 1 aliphatic heterocycles. The van der Waals surface area contributed by atoms with E-state index in [-0.39, 0.29) is 11.8 Å². The molecule has 0 bridgehead atoms. The molecular weight excluding hydrogens is 246 g/mol. The molecule has 0 spiro atoms. The van der Waals surface area contributed by atoms with Crippen LogP contribution in [0.3, 0.4) is 0 Å². The number of hydrogen-bond acceptors (Lipinski definition) is 3. The van der Waals surface area contributed by atoms with Gasteiger partial charge in [-0.05, 0) is 12.1 Å². The second-order valence-electron chi connectivity index (χ2n) is 4.79. The maximum Gasteiger partial charge on any atom is 0.253 e. The summed E-state index contributed by atoms with van der Waals surface area (Å²) < 4.78 is 7.24. The van der Waals surface area contributed by atoms with Gasteiger partial charge in [-0.1, -0.05) is 0 Å². The molecule has 0 saturated carbocycles. The fourth-order valence-electron chi connectivity index (χ4n) is 2.04. The van der Waals surface area contributed by atoms with Crippen molar-refractivity contribution in [2.24, 2.45) is 0 Å². The second-order valence-corrected chi connectivity index (χ2v) is 4.79. The van der Waals surface area contributed by atoms with E-state index in [9.17, 15) is 9.59 Å². The molecule has 2 rings (SSSR count). The van der Waals surface area contributed by atoms with Crippen molar-refractivity contribution in [2.45, 2.75) is 12.6 Å². The first-order valence-corrected chi connectivity index (χ1v) is 6.29. The van der Waals surface area contributed by atoms with Crippen LogP contribution in [0, 0.1) is 0 Å². The van der Waals surface area contributed by atoms with Gasteiger partial charge in [0.25, 0.3) is 5.91 Å². The predicted molar refractivity (Wildman–Crippen MR) is 69.4 cm³/mol. The van der Waals surface area contributed by atoms with E-state index >= 15 is 0 Å². The van der Waals surface area contributed by atoms with Gasteiger partial charge < -0.3 is 19.1 Å². The summed E-state index contributed by atoms with van der Waals surface area (Å²) in [6.07, 6.45) is 3.15. The van der Waals surface area contributed by atoms with Gasteiger partial charge in [-0.3, -0.25) is 9.59 Å². The van der Waals surface area contributed by atoms with E-state index in [0.717, 1.165) is 0 Å². The van der Waals surface area contributed by atoms with Crippen molar-refractivity contribution in [3.05, 3.63) is 24.5 Å². The summed E-state index contributed by atoms with van der Waals surface area (Å²) in [5.41, 5.74) is 0. The topological polar surface area (TPSA) is 54.8 Å². The Morgan fingerprint density at radius 2 is 2.00 bits per heavy atom. The Labute approximate surface area is 112 Å². The Morgan fingerprint density at radius 3 is 2.63 bits per heavy atom. The largest absolute Gasteiger partial charge is 0.365 e. The van der Waals surface area contributed by atoms with Gasteiger partial charge in [0, 0.05) is 33.0 Å². The van der Waals surface area contributed by atoms with Crippen LogP contribution >= 0.6 is 0 Å². The highest BCUT2D eigenvalue weighted by Gasteiger charge is 2.29. The first kappa shape index (κ1) is 13.6. The van der Waals surface area contributed by atoms with Crippen LogP contribution in [0.4, 0.5) is 0 Å². The highest BCUT2D eigenvalue weighted by Crippen LogP contribution is 2.08. The molecule has 19 heavy (non-hydrogen) atoms. The average Bonchev–Trinajstić information content (AvgIpc) is 2.90. The molecule has 2 heterocycles. The molecule has 1 aromatic rings. The third kappa shape index (κ3) is 3.35. The molecule has 0 aromatic carbocycles. The molecule has 0 radical (unpaired) electrons. The molecule has 1 aromatic heterocycles. The molecule has 1 aliphatic rings. The summed E-state index contributed by atoms with van der Waals surface area (Å²) in [5, 5.41) is 0. The molecule has 6 heteroatoms. The number of likely N-dealkylation sites (N-methyl/N-ethyl adjacent to an activating group) is 1. The van der Waals surface area contributed by atoms with Crippen LogP contribution in [0.1, 0.15) is 0 Å². The van der Waals surface area contributed by atoms with Gasteiger partial charge in [0.05, 0.1) is 13.2 Å². The zero-order valence-corrected chi connectivity index (χ0v) is 11.3. The van der Waals surface area contributed by atoms with E-state index in [0.29, 0.717) is 26.2 Å². The zero-order chi connectivity index (χ0) is 13.8. The van der Waals surface area contributed by atoms with E-state index < -0.39 is 6.10 Å². The first-order chi connectivity index (χ1) is 9.08. The number of nitrogens with zero attached hydrogens (tertiary/aromatic N) is 3. The number of aromatic nitrogens is 1. The van der Waals surface area contributed by atoms with Crippen LogP contribution in [0.25, 0.3) is 0 Å². The van der Waals surface area contributed by atoms with E-state index in [1.54, 1.807) is 19.0 Å². The van der Waals surface area contributed by atoms with Crippen molar-refractivity contribution >= 4 is 11.8 Å². The third-order valence-corrected chi connectivity index (χ3v) is 3.12. The SMILES string of the molecule is CN(C)C(=O)[C@H]1CN(C(=O)Cn2cccc2)CCO1. The number of amides is 2. The van der Waals surface area contributed by atoms with Crippen LogP contribution in [-0.4, -0.2) is 66.1 Å². The summed E-state index contributed by atoms with van der Waals surface area (Å²) in [6, 6.07) is 3.76.